The van der Waals surface area contributed by atoms with Crippen molar-refractivity contribution >= 4 is 40.4 Å². The average Bonchev–Trinajstić information content (AvgIpc) is 3.58. The zero-order chi connectivity index (χ0) is 27.8. The first-order chi connectivity index (χ1) is 17.9. The third-order valence-electron chi connectivity index (χ3n) is 6.78. The Kier molecular flexibility index (Phi) is 8.01. The third-order valence-corrected chi connectivity index (χ3v) is 8.66. The summed E-state index contributed by atoms with van der Waals surface area (Å²) in [5.41, 5.74) is 9.71. The number of carbonyl (C=O) groups excluding carboxylic acids is 3. The highest BCUT2D eigenvalue weighted by atomic mass is 32.1. The van der Waals surface area contributed by atoms with Gasteiger partial charge in [-0.25, -0.2) is 9.97 Å². The number of nitrogens with two attached hydrogens (primary N) is 1. The first kappa shape index (κ1) is 27.9. The van der Waals surface area contributed by atoms with E-state index in [-0.39, 0.29) is 36.5 Å². The number of nitrogens with zero attached hydrogens (tertiary/aromatic N) is 3. The minimum Gasteiger partial charge on any atom is -0.391 e. The van der Waals surface area contributed by atoms with Crippen LogP contribution in [0.3, 0.4) is 0 Å². The molecule has 3 heterocycles. The van der Waals surface area contributed by atoms with Gasteiger partial charge >= 0.3 is 0 Å². The van der Waals surface area contributed by atoms with Crippen molar-refractivity contribution < 1.29 is 19.5 Å². The number of hydrogen-bond acceptors (Lipinski definition) is 8. The second-order valence-corrected chi connectivity index (χ2v) is 12.5. The summed E-state index contributed by atoms with van der Waals surface area (Å²) in [5.74, 6) is -2.00. The highest BCUT2D eigenvalue weighted by Gasteiger charge is 2.45. The highest BCUT2D eigenvalue weighted by molar-refractivity contribution is 7.13. The topological polar surface area (TPSA) is 139 Å². The summed E-state index contributed by atoms with van der Waals surface area (Å²) in [6.45, 7) is 9.63. The van der Waals surface area contributed by atoms with Crippen LogP contribution in [0.4, 0.5) is 0 Å². The van der Waals surface area contributed by atoms with Crippen molar-refractivity contribution in [1.82, 2.24) is 20.2 Å². The van der Waals surface area contributed by atoms with Crippen LogP contribution in [0.25, 0.3) is 10.4 Å². The lowest BCUT2D eigenvalue weighted by Gasteiger charge is -2.34. The molecule has 202 valence electrons. The minimum atomic E-state index is -0.820. The molecule has 1 fully saturated rings. The van der Waals surface area contributed by atoms with Crippen LogP contribution in [0.1, 0.15) is 72.8 Å². The monoisotopic (exact) mass is 555 g/mol. The molecule has 3 aromatic rings. The van der Waals surface area contributed by atoms with E-state index in [1.807, 2.05) is 64.4 Å². The molecule has 38 heavy (non-hydrogen) atoms. The number of likely N-dealkylation sites (tertiary alicyclic amines) is 1. The van der Waals surface area contributed by atoms with Crippen molar-refractivity contribution in [3.05, 3.63) is 57.1 Å². The average molecular weight is 556 g/mol. The molecule has 1 aliphatic rings. The quantitative estimate of drug-likeness (QED) is 0.407. The molecule has 11 heteroatoms. The van der Waals surface area contributed by atoms with Crippen LogP contribution in [0.15, 0.2) is 35.2 Å². The van der Waals surface area contributed by atoms with Crippen molar-refractivity contribution in [1.29, 1.82) is 0 Å². The Balaban J connectivity index is 1.51. The van der Waals surface area contributed by atoms with E-state index >= 15 is 0 Å². The molecule has 0 radical (unpaired) electrons. The van der Waals surface area contributed by atoms with Crippen LogP contribution in [0.2, 0.25) is 0 Å². The van der Waals surface area contributed by atoms with Gasteiger partial charge in [-0.3, -0.25) is 14.4 Å². The number of aryl methyl sites for hydroxylation is 1. The summed E-state index contributed by atoms with van der Waals surface area (Å²) in [6, 6.07) is 6.84. The van der Waals surface area contributed by atoms with Gasteiger partial charge in [0.2, 0.25) is 11.8 Å². The van der Waals surface area contributed by atoms with E-state index in [4.69, 9.17) is 5.73 Å². The zero-order valence-electron chi connectivity index (χ0n) is 22.1. The van der Waals surface area contributed by atoms with Gasteiger partial charge in [0.25, 0.3) is 5.91 Å². The Morgan fingerprint density at radius 1 is 1.18 bits per heavy atom. The normalized spacial score (nSPS) is 19.3. The first-order valence-electron chi connectivity index (χ1n) is 12.4. The number of aromatic nitrogens is 2. The van der Waals surface area contributed by atoms with Crippen LogP contribution in [0, 0.1) is 12.3 Å². The molecule has 1 saturated heterocycles. The Hall–Kier alpha value is -3.15. The third kappa shape index (κ3) is 5.79. The van der Waals surface area contributed by atoms with E-state index in [0.717, 1.165) is 21.7 Å². The predicted molar refractivity (Wildman–Crippen MR) is 148 cm³/mol. The molecule has 0 spiro atoms. The predicted octanol–water partition coefficient (Wildman–Crippen LogP) is 3.64. The number of rotatable bonds is 7. The lowest BCUT2D eigenvalue weighted by atomic mass is 9.80. The second kappa shape index (κ2) is 10.9. The Morgan fingerprint density at radius 2 is 1.87 bits per heavy atom. The van der Waals surface area contributed by atoms with Gasteiger partial charge in [0.05, 0.1) is 34.1 Å². The van der Waals surface area contributed by atoms with Crippen molar-refractivity contribution in [3.63, 3.8) is 0 Å². The molecule has 2 aromatic heterocycles. The molecule has 4 N–H and O–H groups in total. The number of amides is 3. The number of benzene rings is 1. The van der Waals surface area contributed by atoms with Gasteiger partial charge < -0.3 is 21.1 Å². The van der Waals surface area contributed by atoms with E-state index in [1.165, 1.54) is 21.6 Å². The molecule has 1 aromatic carbocycles. The largest absolute Gasteiger partial charge is 0.391 e. The Labute approximate surface area is 230 Å². The molecule has 0 aliphatic carbocycles. The van der Waals surface area contributed by atoms with Gasteiger partial charge in [-0.15, -0.1) is 22.7 Å². The van der Waals surface area contributed by atoms with E-state index in [1.54, 1.807) is 11.3 Å². The van der Waals surface area contributed by atoms with Gasteiger partial charge in [0, 0.05) is 18.3 Å². The fraction of sp³-hybridized carbons (Fsp3) is 0.444. The summed E-state index contributed by atoms with van der Waals surface area (Å²) in [7, 11) is 0. The lowest BCUT2D eigenvalue weighted by Crippen LogP contribution is -2.49. The van der Waals surface area contributed by atoms with Gasteiger partial charge in [-0.1, -0.05) is 45.0 Å². The molecule has 1 aliphatic heterocycles. The van der Waals surface area contributed by atoms with Gasteiger partial charge in [-0.05, 0) is 30.4 Å². The molecule has 9 nitrogen and oxygen atoms in total. The number of aliphatic hydroxyl groups excluding tert-OH is 1. The molecular weight excluding hydrogens is 522 g/mol. The molecule has 3 amide bonds. The van der Waals surface area contributed by atoms with E-state index in [2.05, 4.69) is 15.3 Å². The maximum atomic E-state index is 13.8. The summed E-state index contributed by atoms with van der Waals surface area (Å²) in [5, 5.41) is 15.5. The molecule has 0 unspecified atom stereocenters. The highest BCUT2D eigenvalue weighted by Crippen LogP contribution is 2.39. The molecule has 4 rings (SSSR count). The molecule has 0 bridgehead atoms. The SMILES string of the molecule is Cc1ncsc1-c1ccc([C@H](C)NC(=O)[C@@H]2C[C@@H](O)CN2C(=O)[C@@H](c2nc(C(N)=O)cs2)C(C)(C)C)cc1. The van der Waals surface area contributed by atoms with Crippen molar-refractivity contribution in [2.45, 2.75) is 65.1 Å². The van der Waals surface area contributed by atoms with Crippen molar-refractivity contribution in [3.8, 4) is 10.4 Å². The maximum Gasteiger partial charge on any atom is 0.268 e. The summed E-state index contributed by atoms with van der Waals surface area (Å²) >= 11 is 2.78. The number of carbonyl (C=O) groups is 3. The number of β-amino-alcohol motifs (C(OH)–C–C–N with tert-alkyl or cyclic N) is 1. The van der Waals surface area contributed by atoms with Crippen LogP contribution in [-0.2, 0) is 9.59 Å². The van der Waals surface area contributed by atoms with E-state index in [9.17, 15) is 19.5 Å². The summed E-state index contributed by atoms with van der Waals surface area (Å²) < 4.78 is 0. The van der Waals surface area contributed by atoms with Crippen LogP contribution in [0.5, 0.6) is 0 Å². The van der Waals surface area contributed by atoms with Gasteiger partial charge in [0.15, 0.2) is 0 Å². The van der Waals surface area contributed by atoms with E-state index in [0.29, 0.717) is 5.01 Å². The Bertz CT molecular complexity index is 1330. The second-order valence-electron chi connectivity index (χ2n) is 10.7. The number of aliphatic hydroxyl groups is 1. The number of hydrogen-bond donors (Lipinski definition) is 3. The molecular formula is C27H33N5O4S2. The fourth-order valence-corrected chi connectivity index (χ4v) is 6.70. The Morgan fingerprint density at radius 3 is 2.42 bits per heavy atom. The lowest BCUT2D eigenvalue weighted by molar-refractivity contribution is -0.141. The van der Waals surface area contributed by atoms with Crippen LogP contribution in [-0.4, -0.2) is 56.4 Å². The van der Waals surface area contributed by atoms with Crippen LogP contribution >= 0.6 is 22.7 Å². The summed E-state index contributed by atoms with van der Waals surface area (Å²) in [4.78, 5) is 50.0. The maximum absolute atomic E-state index is 13.8. The molecule has 4 atom stereocenters. The minimum absolute atomic E-state index is 0.0504. The van der Waals surface area contributed by atoms with Crippen LogP contribution < -0.4 is 11.1 Å². The standard InChI is InChI=1S/C27H33N5O4S2/c1-14(16-6-8-17(9-7-16)22-15(2)29-13-38-22)30-24(35)20-10-18(33)11-32(20)26(36)21(27(3,4)5)25-31-19(12-37-25)23(28)34/h6-9,12-14,18,20-21,33H,10-11H2,1-5H3,(H2,28,34)(H,30,35)/t14-,18+,20-,21+/m0/s1. The van der Waals surface area contributed by atoms with Crippen molar-refractivity contribution in [2.24, 2.45) is 11.1 Å². The van der Waals surface area contributed by atoms with E-state index < -0.39 is 29.4 Å². The van der Waals surface area contributed by atoms with Gasteiger partial charge in [0.1, 0.15) is 16.7 Å². The zero-order valence-corrected chi connectivity index (χ0v) is 23.7. The van der Waals surface area contributed by atoms with Gasteiger partial charge in [-0.2, -0.15) is 0 Å². The molecule has 0 saturated carbocycles. The fourth-order valence-electron chi connectivity index (χ4n) is 4.75. The number of primary amides is 1. The number of thiazole rings is 2. The summed E-state index contributed by atoms with van der Waals surface area (Å²) in [6.07, 6.45) is -0.667. The smallest absolute Gasteiger partial charge is 0.268 e. The first-order valence-corrected chi connectivity index (χ1v) is 14.2. The van der Waals surface area contributed by atoms with Crippen molar-refractivity contribution in [2.75, 3.05) is 6.54 Å². The number of nitrogens with one attached hydrogen (secondary N) is 1.